The summed E-state index contributed by atoms with van der Waals surface area (Å²) in [5.41, 5.74) is 1.32. The Morgan fingerprint density at radius 1 is 1.47 bits per heavy atom. The smallest absolute Gasteiger partial charge is 0.167 e. The predicted octanol–water partition coefficient (Wildman–Crippen LogP) is 1.52. The van der Waals surface area contributed by atoms with E-state index in [4.69, 9.17) is 14.7 Å². The number of anilines is 1. The van der Waals surface area contributed by atoms with Gasteiger partial charge in [0.1, 0.15) is 11.8 Å². The van der Waals surface area contributed by atoms with Crippen LogP contribution >= 0.6 is 0 Å². The lowest BCUT2D eigenvalue weighted by Gasteiger charge is -2.22. The van der Waals surface area contributed by atoms with E-state index in [-0.39, 0.29) is 0 Å². The molecule has 1 saturated heterocycles. The van der Waals surface area contributed by atoms with Gasteiger partial charge >= 0.3 is 0 Å². The molecule has 0 spiro atoms. The first-order chi connectivity index (χ1) is 8.22. The zero-order valence-electron chi connectivity index (χ0n) is 9.77. The fraction of sp³-hybridized carbons (Fsp3) is 0.500. The third-order valence-corrected chi connectivity index (χ3v) is 2.68. The number of nitriles is 1. The van der Waals surface area contributed by atoms with Gasteiger partial charge in [0, 0.05) is 13.0 Å². The molecule has 5 nitrogen and oxygen atoms in total. The standard InChI is InChI=1S/C12H15N3O2/c1-12(16-6-7-17-12)4-5-14-11-3-2-10(8-13)15-9-11/h2-3,9,14H,4-7H2,1H3. The number of pyridine rings is 1. The van der Waals surface area contributed by atoms with Gasteiger partial charge in [-0.2, -0.15) is 5.26 Å². The molecular weight excluding hydrogens is 218 g/mol. The van der Waals surface area contributed by atoms with Gasteiger partial charge in [0.15, 0.2) is 5.79 Å². The number of nitrogens with zero attached hydrogens (tertiary/aromatic N) is 2. The molecule has 1 aliphatic rings. The molecule has 90 valence electrons. The molecule has 0 atom stereocenters. The second-order valence-corrected chi connectivity index (χ2v) is 4.05. The summed E-state index contributed by atoms with van der Waals surface area (Å²) >= 11 is 0. The lowest BCUT2D eigenvalue weighted by atomic mass is 10.2. The van der Waals surface area contributed by atoms with E-state index >= 15 is 0 Å². The highest BCUT2D eigenvalue weighted by Gasteiger charge is 2.29. The quantitative estimate of drug-likeness (QED) is 0.854. The van der Waals surface area contributed by atoms with Crippen molar-refractivity contribution in [3.05, 3.63) is 24.0 Å². The molecule has 2 heterocycles. The summed E-state index contributed by atoms with van der Waals surface area (Å²) in [6.45, 7) is 4.01. The minimum absolute atomic E-state index is 0.421. The van der Waals surface area contributed by atoms with Crippen LogP contribution in [0.1, 0.15) is 19.0 Å². The van der Waals surface area contributed by atoms with Gasteiger partial charge in [-0.25, -0.2) is 4.98 Å². The number of nitrogens with one attached hydrogen (secondary N) is 1. The molecule has 0 amide bonds. The van der Waals surface area contributed by atoms with Crippen molar-refractivity contribution < 1.29 is 9.47 Å². The molecule has 0 radical (unpaired) electrons. The van der Waals surface area contributed by atoms with Crippen molar-refractivity contribution in [1.82, 2.24) is 4.98 Å². The normalized spacial score (nSPS) is 17.6. The van der Waals surface area contributed by atoms with Gasteiger partial charge in [-0.15, -0.1) is 0 Å². The Morgan fingerprint density at radius 3 is 2.82 bits per heavy atom. The van der Waals surface area contributed by atoms with Gasteiger partial charge in [-0.3, -0.25) is 0 Å². The molecular formula is C12H15N3O2. The van der Waals surface area contributed by atoms with E-state index in [9.17, 15) is 0 Å². The Bertz CT molecular complexity index is 405. The lowest BCUT2D eigenvalue weighted by Crippen LogP contribution is -2.28. The topological polar surface area (TPSA) is 67.2 Å². The summed E-state index contributed by atoms with van der Waals surface area (Å²) in [6, 6.07) is 5.51. The van der Waals surface area contributed by atoms with Crippen LogP contribution in [0, 0.1) is 11.3 Å². The highest BCUT2D eigenvalue weighted by Crippen LogP contribution is 2.22. The van der Waals surface area contributed by atoms with Crippen molar-refractivity contribution in [2.24, 2.45) is 0 Å². The van der Waals surface area contributed by atoms with Crippen LogP contribution < -0.4 is 5.32 Å². The highest BCUT2D eigenvalue weighted by atomic mass is 16.7. The number of hydrogen-bond donors (Lipinski definition) is 1. The minimum Gasteiger partial charge on any atom is -0.384 e. The van der Waals surface area contributed by atoms with Crippen molar-refractivity contribution >= 4 is 5.69 Å². The number of ether oxygens (including phenoxy) is 2. The van der Waals surface area contributed by atoms with E-state index in [1.165, 1.54) is 0 Å². The molecule has 1 aromatic rings. The lowest BCUT2D eigenvalue weighted by molar-refractivity contribution is -0.144. The van der Waals surface area contributed by atoms with Gasteiger partial charge in [-0.1, -0.05) is 0 Å². The fourth-order valence-electron chi connectivity index (χ4n) is 1.70. The number of hydrogen-bond acceptors (Lipinski definition) is 5. The van der Waals surface area contributed by atoms with Crippen molar-refractivity contribution in [2.45, 2.75) is 19.1 Å². The first kappa shape index (κ1) is 11.8. The molecule has 17 heavy (non-hydrogen) atoms. The monoisotopic (exact) mass is 233 g/mol. The Morgan fingerprint density at radius 2 is 2.24 bits per heavy atom. The van der Waals surface area contributed by atoms with Crippen LogP contribution in [0.3, 0.4) is 0 Å². The van der Waals surface area contributed by atoms with Crippen LogP contribution in [0.2, 0.25) is 0 Å². The van der Waals surface area contributed by atoms with Gasteiger partial charge in [0.25, 0.3) is 0 Å². The van der Waals surface area contributed by atoms with E-state index in [1.807, 2.05) is 19.1 Å². The van der Waals surface area contributed by atoms with Gasteiger partial charge in [-0.05, 0) is 19.1 Å². The van der Waals surface area contributed by atoms with Crippen LogP contribution in [0.4, 0.5) is 5.69 Å². The van der Waals surface area contributed by atoms with Crippen molar-refractivity contribution in [2.75, 3.05) is 25.1 Å². The van der Waals surface area contributed by atoms with E-state index in [1.54, 1.807) is 12.3 Å². The molecule has 1 N–H and O–H groups in total. The maximum absolute atomic E-state index is 8.62. The van der Waals surface area contributed by atoms with Gasteiger partial charge in [0.05, 0.1) is 25.1 Å². The average molecular weight is 233 g/mol. The third-order valence-electron chi connectivity index (χ3n) is 2.68. The summed E-state index contributed by atoms with van der Waals surface area (Å²) in [5, 5.41) is 11.8. The van der Waals surface area contributed by atoms with Crippen LogP contribution in [0.25, 0.3) is 0 Å². The maximum Gasteiger partial charge on any atom is 0.167 e. The Hall–Kier alpha value is -1.64. The summed E-state index contributed by atoms with van der Waals surface area (Å²) in [5.74, 6) is -0.465. The van der Waals surface area contributed by atoms with Gasteiger partial charge < -0.3 is 14.8 Å². The van der Waals surface area contributed by atoms with E-state index in [2.05, 4.69) is 10.3 Å². The Balaban J connectivity index is 1.80. The van der Waals surface area contributed by atoms with Gasteiger partial charge in [0.2, 0.25) is 0 Å². The molecule has 0 aromatic carbocycles. The summed E-state index contributed by atoms with van der Waals surface area (Å²) in [4.78, 5) is 3.98. The van der Waals surface area contributed by atoms with Crippen LogP contribution in [-0.2, 0) is 9.47 Å². The third kappa shape index (κ3) is 3.16. The number of aromatic nitrogens is 1. The van der Waals surface area contributed by atoms with Crippen molar-refractivity contribution in [3.63, 3.8) is 0 Å². The van der Waals surface area contributed by atoms with E-state index in [0.717, 1.165) is 18.7 Å². The van der Waals surface area contributed by atoms with Crippen LogP contribution in [0.15, 0.2) is 18.3 Å². The number of rotatable bonds is 4. The molecule has 1 aromatic heterocycles. The predicted molar refractivity (Wildman–Crippen MR) is 62.4 cm³/mol. The van der Waals surface area contributed by atoms with Crippen molar-refractivity contribution in [3.8, 4) is 6.07 Å². The Labute approximate surface area is 100 Å². The van der Waals surface area contributed by atoms with E-state index < -0.39 is 5.79 Å². The molecule has 1 fully saturated rings. The summed E-state index contributed by atoms with van der Waals surface area (Å²) in [7, 11) is 0. The molecule has 0 unspecified atom stereocenters. The molecule has 0 bridgehead atoms. The first-order valence-electron chi connectivity index (χ1n) is 5.60. The highest BCUT2D eigenvalue weighted by molar-refractivity contribution is 5.42. The second kappa shape index (κ2) is 5.13. The van der Waals surface area contributed by atoms with Crippen LogP contribution in [-0.4, -0.2) is 30.5 Å². The first-order valence-corrected chi connectivity index (χ1v) is 5.60. The molecule has 0 saturated carbocycles. The largest absolute Gasteiger partial charge is 0.384 e. The van der Waals surface area contributed by atoms with E-state index in [0.29, 0.717) is 18.9 Å². The van der Waals surface area contributed by atoms with Crippen molar-refractivity contribution in [1.29, 1.82) is 5.26 Å². The summed E-state index contributed by atoms with van der Waals surface area (Å²) in [6.07, 6.45) is 2.42. The fourth-order valence-corrected chi connectivity index (χ4v) is 1.70. The molecule has 5 heteroatoms. The SMILES string of the molecule is CC1(CCNc2ccc(C#N)nc2)OCCO1. The zero-order valence-corrected chi connectivity index (χ0v) is 9.77. The second-order valence-electron chi connectivity index (χ2n) is 4.05. The molecule has 0 aliphatic carbocycles. The minimum atomic E-state index is -0.465. The molecule has 1 aliphatic heterocycles. The maximum atomic E-state index is 8.62. The van der Waals surface area contributed by atoms with Crippen LogP contribution in [0.5, 0.6) is 0 Å². The molecule has 2 rings (SSSR count). The zero-order chi connectivity index (χ0) is 12.1. The average Bonchev–Trinajstić information content (AvgIpc) is 2.77. The summed E-state index contributed by atoms with van der Waals surface area (Å²) < 4.78 is 11.0. The Kier molecular flexibility index (Phi) is 3.57.